The van der Waals surface area contributed by atoms with E-state index in [1.807, 2.05) is 65.7 Å². The van der Waals surface area contributed by atoms with Gasteiger partial charge in [-0.15, -0.1) is 24.8 Å². The van der Waals surface area contributed by atoms with Crippen LogP contribution in [0.2, 0.25) is 0 Å². The summed E-state index contributed by atoms with van der Waals surface area (Å²) in [5.74, 6) is 0.841. The fraction of sp³-hybridized carbons (Fsp3) is 0.200. The van der Waals surface area contributed by atoms with E-state index in [2.05, 4.69) is 20.9 Å². The summed E-state index contributed by atoms with van der Waals surface area (Å²) >= 11 is 0. The topological polar surface area (TPSA) is 61.5 Å². The Morgan fingerprint density at radius 3 is 2.67 bits per heavy atom. The second-order valence-corrected chi connectivity index (χ2v) is 7.75. The van der Waals surface area contributed by atoms with E-state index in [9.17, 15) is 4.79 Å². The third-order valence-electron chi connectivity index (χ3n) is 5.85. The predicted octanol–water partition coefficient (Wildman–Crippen LogP) is 5.08. The van der Waals surface area contributed by atoms with Gasteiger partial charge in [0.2, 0.25) is 0 Å². The molecule has 1 aliphatic rings. The first-order chi connectivity index (χ1) is 15.2. The molecule has 1 aliphatic heterocycles. The molecule has 5 rings (SSSR count). The largest absolute Gasteiger partial charge is 0.497 e. The Kier molecular flexibility index (Phi) is 7.84. The van der Waals surface area contributed by atoms with Gasteiger partial charge < -0.3 is 19.5 Å². The molecule has 2 heterocycles. The highest BCUT2D eigenvalue weighted by molar-refractivity contribution is 6.07. The maximum Gasteiger partial charge on any atom is 0.254 e. The minimum Gasteiger partial charge on any atom is -0.497 e. The molecule has 0 fully saturated rings. The Bertz CT molecular complexity index is 1230. The van der Waals surface area contributed by atoms with Crippen molar-refractivity contribution in [3.63, 3.8) is 0 Å². The third-order valence-corrected chi connectivity index (χ3v) is 5.85. The average Bonchev–Trinajstić information content (AvgIpc) is 3.26. The molecule has 1 amide bonds. The molecule has 0 unspecified atom stereocenters. The van der Waals surface area contributed by atoms with E-state index < -0.39 is 0 Å². The summed E-state index contributed by atoms with van der Waals surface area (Å²) in [6.45, 7) is 2.60. The lowest BCUT2D eigenvalue weighted by atomic mass is 10.0. The number of carbonyl (C=O) groups is 1. The van der Waals surface area contributed by atoms with Crippen molar-refractivity contribution in [1.29, 1.82) is 0 Å². The maximum atomic E-state index is 13.6. The molecule has 33 heavy (non-hydrogen) atoms. The molecule has 6 nitrogen and oxygen atoms in total. The molecule has 1 N–H and O–H groups in total. The van der Waals surface area contributed by atoms with E-state index in [-0.39, 0.29) is 30.7 Å². The summed E-state index contributed by atoms with van der Waals surface area (Å²) in [6, 6.07) is 20.0. The number of fused-ring (bicyclic) bond motifs is 2. The van der Waals surface area contributed by atoms with Gasteiger partial charge in [0.05, 0.1) is 25.7 Å². The molecule has 172 valence electrons. The van der Waals surface area contributed by atoms with E-state index in [1.54, 1.807) is 13.4 Å². The highest BCUT2D eigenvalue weighted by Gasteiger charge is 2.25. The standard InChI is InChI=1S/C25H24N4O2.2ClH/c1-31-21-9-10-24-19(13-21)15-29(12-11-28(24)16-20-14-26-17-27-20)25(30)23-8-4-6-18-5-2-3-7-22(18)23;;/h2-10,13-14,17H,11-12,15-16H2,1H3,(H,26,27);2*1H. The first kappa shape index (κ1) is 24.4. The predicted molar refractivity (Wildman–Crippen MR) is 136 cm³/mol. The first-order valence-corrected chi connectivity index (χ1v) is 10.4. The number of hydrogen-bond donors (Lipinski definition) is 1. The number of methoxy groups -OCH3 is 1. The Morgan fingerprint density at radius 1 is 1.06 bits per heavy atom. The normalized spacial score (nSPS) is 12.9. The number of aromatic amines is 1. The van der Waals surface area contributed by atoms with Crippen LogP contribution in [-0.4, -0.2) is 41.0 Å². The Labute approximate surface area is 205 Å². The third kappa shape index (κ3) is 4.92. The number of halogens is 2. The average molecular weight is 485 g/mol. The van der Waals surface area contributed by atoms with Gasteiger partial charge in [0.15, 0.2) is 0 Å². The SMILES string of the molecule is COc1ccc2c(c1)CN(C(=O)c1cccc3ccccc13)CCN2Cc1cnc[nH]1.Cl.Cl. The quantitative estimate of drug-likeness (QED) is 0.438. The number of hydrogen-bond acceptors (Lipinski definition) is 4. The Hall–Kier alpha value is -3.22. The molecule has 0 saturated heterocycles. The van der Waals surface area contributed by atoms with Gasteiger partial charge in [0, 0.05) is 37.1 Å². The molecule has 0 atom stereocenters. The van der Waals surface area contributed by atoms with Crippen LogP contribution < -0.4 is 9.64 Å². The van der Waals surface area contributed by atoms with Crippen molar-refractivity contribution in [3.05, 3.63) is 90.0 Å². The summed E-state index contributed by atoms with van der Waals surface area (Å²) in [4.78, 5) is 25.2. The number of nitrogens with one attached hydrogen (secondary N) is 1. The van der Waals surface area contributed by atoms with Crippen molar-refractivity contribution < 1.29 is 9.53 Å². The van der Waals surface area contributed by atoms with Gasteiger partial charge in [0.1, 0.15) is 5.75 Å². The van der Waals surface area contributed by atoms with Crippen LogP contribution in [0.25, 0.3) is 10.8 Å². The lowest BCUT2D eigenvalue weighted by molar-refractivity contribution is 0.0753. The Balaban J connectivity index is 0.00000153. The molecule has 0 spiro atoms. The van der Waals surface area contributed by atoms with Crippen molar-refractivity contribution in [3.8, 4) is 5.75 Å². The number of benzene rings is 3. The smallest absolute Gasteiger partial charge is 0.254 e. The second-order valence-electron chi connectivity index (χ2n) is 7.75. The van der Waals surface area contributed by atoms with E-state index >= 15 is 0 Å². The lowest BCUT2D eigenvalue weighted by Gasteiger charge is -2.24. The van der Waals surface area contributed by atoms with E-state index in [1.165, 1.54) is 0 Å². The molecule has 0 radical (unpaired) electrons. The maximum absolute atomic E-state index is 13.6. The number of H-pyrrole nitrogens is 1. The van der Waals surface area contributed by atoms with Crippen LogP contribution in [0.5, 0.6) is 5.75 Å². The summed E-state index contributed by atoms with van der Waals surface area (Å²) in [5, 5.41) is 2.06. The van der Waals surface area contributed by atoms with Crippen LogP contribution in [0.4, 0.5) is 5.69 Å². The van der Waals surface area contributed by atoms with Crippen LogP contribution in [0, 0.1) is 0 Å². The number of rotatable bonds is 4. The van der Waals surface area contributed by atoms with Crippen molar-refractivity contribution in [1.82, 2.24) is 14.9 Å². The number of amides is 1. The van der Waals surface area contributed by atoms with Crippen molar-refractivity contribution in [2.24, 2.45) is 0 Å². The van der Waals surface area contributed by atoms with Crippen LogP contribution in [-0.2, 0) is 13.1 Å². The molecule has 0 aliphatic carbocycles. The zero-order valence-corrected chi connectivity index (χ0v) is 19.9. The fourth-order valence-corrected chi connectivity index (χ4v) is 4.27. The highest BCUT2D eigenvalue weighted by atomic mass is 35.5. The molecular formula is C25H26Cl2N4O2. The minimum absolute atomic E-state index is 0. The molecule has 1 aromatic heterocycles. The molecular weight excluding hydrogens is 459 g/mol. The first-order valence-electron chi connectivity index (χ1n) is 10.4. The van der Waals surface area contributed by atoms with Gasteiger partial charge in [-0.2, -0.15) is 0 Å². The van der Waals surface area contributed by atoms with E-state index in [0.717, 1.165) is 45.6 Å². The minimum atomic E-state index is 0. The van der Waals surface area contributed by atoms with Gasteiger partial charge in [0.25, 0.3) is 5.91 Å². The van der Waals surface area contributed by atoms with Crippen molar-refractivity contribution >= 4 is 47.2 Å². The number of ether oxygens (including phenoxy) is 1. The van der Waals surface area contributed by atoms with Crippen molar-refractivity contribution in [2.45, 2.75) is 13.1 Å². The zero-order valence-electron chi connectivity index (χ0n) is 18.2. The van der Waals surface area contributed by atoms with Crippen LogP contribution in [0.15, 0.2) is 73.2 Å². The van der Waals surface area contributed by atoms with E-state index in [4.69, 9.17) is 4.74 Å². The van der Waals surface area contributed by atoms with Crippen molar-refractivity contribution in [2.75, 3.05) is 25.1 Å². The summed E-state index contributed by atoms with van der Waals surface area (Å²) in [7, 11) is 1.67. The molecule has 4 aromatic rings. The van der Waals surface area contributed by atoms with Gasteiger partial charge in [-0.25, -0.2) is 4.98 Å². The number of nitrogens with zero attached hydrogens (tertiary/aromatic N) is 3. The Morgan fingerprint density at radius 2 is 1.88 bits per heavy atom. The number of carbonyl (C=O) groups excluding carboxylic acids is 1. The monoisotopic (exact) mass is 484 g/mol. The van der Waals surface area contributed by atoms with Crippen LogP contribution >= 0.6 is 24.8 Å². The fourth-order valence-electron chi connectivity index (χ4n) is 4.27. The summed E-state index contributed by atoms with van der Waals surface area (Å²) in [5.41, 5.74) is 3.97. The van der Waals surface area contributed by atoms with Crippen LogP contribution in [0.3, 0.4) is 0 Å². The zero-order chi connectivity index (χ0) is 21.2. The number of aromatic nitrogens is 2. The summed E-state index contributed by atoms with van der Waals surface area (Å²) < 4.78 is 5.46. The molecule has 8 heteroatoms. The molecule has 0 bridgehead atoms. The van der Waals surface area contributed by atoms with Gasteiger partial charge in [-0.05, 0) is 40.6 Å². The molecule has 0 saturated carbocycles. The highest BCUT2D eigenvalue weighted by Crippen LogP contribution is 2.31. The molecule has 3 aromatic carbocycles. The van der Waals surface area contributed by atoms with Gasteiger partial charge >= 0.3 is 0 Å². The van der Waals surface area contributed by atoms with Gasteiger partial charge in [-0.1, -0.05) is 36.4 Å². The second kappa shape index (κ2) is 10.6. The summed E-state index contributed by atoms with van der Waals surface area (Å²) in [6.07, 6.45) is 3.53. The lowest BCUT2D eigenvalue weighted by Crippen LogP contribution is -2.35. The number of anilines is 1. The van der Waals surface area contributed by atoms with Gasteiger partial charge in [-0.3, -0.25) is 4.79 Å². The number of imidazole rings is 1. The van der Waals surface area contributed by atoms with E-state index in [0.29, 0.717) is 19.6 Å². The van der Waals surface area contributed by atoms with Crippen LogP contribution in [0.1, 0.15) is 21.6 Å².